The van der Waals surface area contributed by atoms with Crippen LogP contribution >= 0.6 is 11.6 Å². The van der Waals surface area contributed by atoms with Crippen molar-refractivity contribution in [3.63, 3.8) is 0 Å². The molecule has 19 heavy (non-hydrogen) atoms. The molecule has 1 aromatic heterocycles. The van der Waals surface area contributed by atoms with E-state index in [9.17, 15) is 4.79 Å². The number of benzene rings is 1. The fourth-order valence-corrected chi connectivity index (χ4v) is 2.16. The number of rotatable bonds is 4. The summed E-state index contributed by atoms with van der Waals surface area (Å²) in [6.45, 7) is 3.98. The van der Waals surface area contributed by atoms with Gasteiger partial charge >= 0.3 is 5.97 Å². The summed E-state index contributed by atoms with van der Waals surface area (Å²) in [6, 6.07) is 5.08. The van der Waals surface area contributed by atoms with Crippen molar-refractivity contribution in [1.29, 1.82) is 0 Å². The lowest BCUT2D eigenvalue weighted by Crippen LogP contribution is -1.98. The topological polar surface area (TPSA) is 59.7 Å². The lowest BCUT2D eigenvalue weighted by atomic mass is 10.1. The summed E-state index contributed by atoms with van der Waals surface area (Å²) >= 11 is 5.94. The van der Waals surface area contributed by atoms with Crippen LogP contribution in [-0.4, -0.2) is 11.1 Å². The SMILES string of the molecule is Cc1cc(Cl)cc(C)c1OCc1cc(C(=O)O)co1. The number of aromatic carboxylic acids is 1. The van der Waals surface area contributed by atoms with E-state index in [1.165, 1.54) is 12.3 Å². The Hall–Kier alpha value is -1.94. The second-order valence-electron chi connectivity index (χ2n) is 4.26. The molecule has 100 valence electrons. The number of furan rings is 1. The Bertz CT molecular complexity index is 593. The fourth-order valence-electron chi connectivity index (χ4n) is 1.84. The van der Waals surface area contributed by atoms with Crippen LogP contribution in [0, 0.1) is 13.8 Å². The van der Waals surface area contributed by atoms with Crippen LogP contribution < -0.4 is 4.74 Å². The summed E-state index contributed by atoms with van der Waals surface area (Å²) in [5, 5.41) is 9.45. The zero-order chi connectivity index (χ0) is 14.0. The van der Waals surface area contributed by atoms with E-state index in [2.05, 4.69) is 0 Å². The number of halogens is 1. The maximum atomic E-state index is 10.7. The van der Waals surface area contributed by atoms with Crippen LogP contribution in [0.25, 0.3) is 0 Å². The van der Waals surface area contributed by atoms with Crippen LogP contribution in [0.5, 0.6) is 5.75 Å². The summed E-state index contributed by atoms with van der Waals surface area (Å²) in [5.41, 5.74) is 1.97. The zero-order valence-corrected chi connectivity index (χ0v) is 11.3. The Morgan fingerprint density at radius 2 is 1.95 bits per heavy atom. The molecule has 0 amide bonds. The minimum Gasteiger partial charge on any atom is -0.485 e. The molecule has 0 unspecified atom stereocenters. The maximum absolute atomic E-state index is 10.7. The molecule has 0 saturated carbocycles. The highest BCUT2D eigenvalue weighted by Crippen LogP contribution is 2.27. The number of carboxylic acid groups (broad SMARTS) is 1. The molecule has 4 nitrogen and oxygen atoms in total. The van der Waals surface area contributed by atoms with Gasteiger partial charge in [0.25, 0.3) is 0 Å². The Labute approximate surface area is 115 Å². The van der Waals surface area contributed by atoms with E-state index in [0.717, 1.165) is 16.9 Å². The van der Waals surface area contributed by atoms with E-state index >= 15 is 0 Å². The molecule has 0 spiro atoms. The van der Waals surface area contributed by atoms with E-state index < -0.39 is 5.97 Å². The van der Waals surface area contributed by atoms with Crippen molar-refractivity contribution in [3.8, 4) is 5.75 Å². The average Bonchev–Trinajstić information content (AvgIpc) is 2.76. The molecule has 1 N–H and O–H groups in total. The highest BCUT2D eigenvalue weighted by Gasteiger charge is 2.10. The maximum Gasteiger partial charge on any atom is 0.338 e. The highest BCUT2D eigenvalue weighted by atomic mass is 35.5. The van der Waals surface area contributed by atoms with Gasteiger partial charge in [-0.05, 0) is 43.2 Å². The van der Waals surface area contributed by atoms with Gasteiger partial charge in [0.05, 0.1) is 5.56 Å². The lowest BCUT2D eigenvalue weighted by molar-refractivity contribution is 0.0696. The van der Waals surface area contributed by atoms with E-state index in [1.807, 2.05) is 26.0 Å². The van der Waals surface area contributed by atoms with E-state index in [1.54, 1.807) is 0 Å². The summed E-state index contributed by atoms with van der Waals surface area (Å²) in [7, 11) is 0. The Morgan fingerprint density at radius 1 is 1.32 bits per heavy atom. The van der Waals surface area contributed by atoms with Gasteiger partial charge in [-0.25, -0.2) is 4.79 Å². The van der Waals surface area contributed by atoms with Crippen LogP contribution in [0.15, 0.2) is 28.9 Å². The van der Waals surface area contributed by atoms with Gasteiger partial charge < -0.3 is 14.3 Å². The zero-order valence-electron chi connectivity index (χ0n) is 10.6. The fraction of sp³-hybridized carbons (Fsp3) is 0.214. The molecule has 0 atom stereocenters. The van der Waals surface area contributed by atoms with Crippen LogP contribution in [0.3, 0.4) is 0 Å². The minimum atomic E-state index is -1.02. The van der Waals surface area contributed by atoms with Gasteiger partial charge in [0.2, 0.25) is 0 Å². The minimum absolute atomic E-state index is 0.114. The van der Waals surface area contributed by atoms with Crippen molar-refractivity contribution in [2.45, 2.75) is 20.5 Å². The molecule has 0 bridgehead atoms. The number of hydrogen-bond acceptors (Lipinski definition) is 3. The average molecular weight is 281 g/mol. The molecule has 0 saturated heterocycles. The van der Waals surface area contributed by atoms with E-state index in [-0.39, 0.29) is 12.2 Å². The Kier molecular flexibility index (Phi) is 3.81. The van der Waals surface area contributed by atoms with E-state index in [4.69, 9.17) is 25.9 Å². The van der Waals surface area contributed by atoms with Gasteiger partial charge in [-0.15, -0.1) is 0 Å². The summed E-state index contributed by atoms with van der Waals surface area (Å²) in [6.07, 6.45) is 1.20. The van der Waals surface area contributed by atoms with Crippen molar-refractivity contribution in [1.82, 2.24) is 0 Å². The summed E-state index contributed by atoms with van der Waals surface area (Å²) < 4.78 is 10.8. The van der Waals surface area contributed by atoms with Gasteiger partial charge in [0, 0.05) is 5.02 Å². The third kappa shape index (κ3) is 3.09. The standard InChI is InChI=1S/C14H13ClO4/c1-8-3-11(15)4-9(2)13(8)19-7-12-5-10(6-18-12)14(16)17/h3-6H,7H2,1-2H3,(H,16,17). The molecule has 0 radical (unpaired) electrons. The highest BCUT2D eigenvalue weighted by molar-refractivity contribution is 6.30. The van der Waals surface area contributed by atoms with Crippen molar-refractivity contribution in [2.24, 2.45) is 0 Å². The first kappa shape index (κ1) is 13.5. The molecular weight excluding hydrogens is 268 g/mol. The third-order valence-corrected chi connectivity index (χ3v) is 2.90. The van der Waals surface area contributed by atoms with Crippen molar-refractivity contribution < 1.29 is 19.1 Å². The smallest absolute Gasteiger partial charge is 0.338 e. The van der Waals surface area contributed by atoms with Gasteiger partial charge in [-0.2, -0.15) is 0 Å². The molecule has 2 rings (SSSR count). The third-order valence-electron chi connectivity index (χ3n) is 2.68. The second kappa shape index (κ2) is 5.36. The predicted octanol–water partition coefficient (Wildman–Crippen LogP) is 3.83. The van der Waals surface area contributed by atoms with Crippen molar-refractivity contribution in [3.05, 3.63) is 51.9 Å². The molecule has 2 aromatic rings. The van der Waals surface area contributed by atoms with Crippen LogP contribution in [0.2, 0.25) is 5.02 Å². The summed E-state index contributed by atoms with van der Waals surface area (Å²) in [5.74, 6) is 0.178. The Morgan fingerprint density at radius 3 is 2.47 bits per heavy atom. The first-order chi connectivity index (χ1) is 8.97. The normalized spacial score (nSPS) is 10.5. The van der Waals surface area contributed by atoms with Gasteiger partial charge in [0.1, 0.15) is 24.4 Å². The van der Waals surface area contributed by atoms with Crippen LogP contribution in [0.4, 0.5) is 0 Å². The first-order valence-electron chi connectivity index (χ1n) is 5.67. The number of aryl methyl sites for hydroxylation is 2. The largest absolute Gasteiger partial charge is 0.485 e. The predicted molar refractivity (Wildman–Crippen MR) is 70.9 cm³/mol. The number of carboxylic acids is 1. The van der Waals surface area contributed by atoms with E-state index in [0.29, 0.717) is 10.8 Å². The molecule has 0 aliphatic carbocycles. The molecule has 1 aromatic carbocycles. The molecule has 0 aliphatic heterocycles. The molecule has 0 fully saturated rings. The Balaban J connectivity index is 2.12. The molecule has 5 heteroatoms. The quantitative estimate of drug-likeness (QED) is 0.925. The van der Waals surface area contributed by atoms with Crippen LogP contribution in [-0.2, 0) is 6.61 Å². The molecule has 0 aliphatic rings. The summed E-state index contributed by atoms with van der Waals surface area (Å²) in [4.78, 5) is 10.7. The van der Waals surface area contributed by atoms with Crippen LogP contribution in [0.1, 0.15) is 27.2 Å². The number of ether oxygens (including phenoxy) is 1. The lowest BCUT2D eigenvalue weighted by Gasteiger charge is -2.11. The molecular formula is C14H13ClO4. The number of hydrogen-bond donors (Lipinski definition) is 1. The second-order valence-corrected chi connectivity index (χ2v) is 4.70. The monoisotopic (exact) mass is 280 g/mol. The first-order valence-corrected chi connectivity index (χ1v) is 6.05. The van der Waals surface area contributed by atoms with Gasteiger partial charge in [0.15, 0.2) is 0 Å². The van der Waals surface area contributed by atoms with Crippen molar-refractivity contribution >= 4 is 17.6 Å². The number of carbonyl (C=O) groups is 1. The van der Waals surface area contributed by atoms with Gasteiger partial charge in [-0.3, -0.25) is 0 Å². The van der Waals surface area contributed by atoms with Crippen molar-refractivity contribution in [2.75, 3.05) is 0 Å². The molecule has 1 heterocycles. The van der Waals surface area contributed by atoms with Gasteiger partial charge in [-0.1, -0.05) is 11.6 Å².